The second-order valence-corrected chi connectivity index (χ2v) is 4.90. The van der Waals surface area contributed by atoms with E-state index in [-0.39, 0.29) is 10.7 Å². The largest absolute Gasteiger partial charge is 0.504 e. The van der Waals surface area contributed by atoms with E-state index < -0.39 is 5.91 Å². The van der Waals surface area contributed by atoms with Crippen LogP contribution in [-0.4, -0.2) is 33.8 Å². The number of aromatic hydroxyl groups is 1. The predicted molar refractivity (Wildman–Crippen MR) is 95.5 cm³/mol. The highest BCUT2D eigenvalue weighted by Gasteiger charge is 2.09. The number of ether oxygens (including phenoxy) is 1. The van der Waals surface area contributed by atoms with Crippen molar-refractivity contribution < 1.29 is 14.6 Å². The van der Waals surface area contributed by atoms with Crippen LogP contribution in [0.4, 0.5) is 5.82 Å². The van der Waals surface area contributed by atoms with Crippen molar-refractivity contribution in [3.8, 4) is 11.5 Å². The van der Waals surface area contributed by atoms with Crippen LogP contribution in [0.1, 0.15) is 12.5 Å². The topological polar surface area (TPSA) is 95.8 Å². The molecule has 1 aromatic carbocycles. The van der Waals surface area contributed by atoms with Crippen LogP contribution in [0.15, 0.2) is 47.7 Å². The second-order valence-electron chi connectivity index (χ2n) is 4.50. The maximum absolute atomic E-state index is 11.9. The fourth-order valence-corrected chi connectivity index (χ4v) is 1.84. The molecule has 0 aliphatic heterocycles. The highest BCUT2D eigenvalue weighted by Crippen LogP contribution is 2.28. The number of anilines is 1. The number of hydrogen-bond acceptors (Lipinski definition) is 6. The summed E-state index contributed by atoms with van der Waals surface area (Å²) in [5.74, 6) is 0.177. The first-order valence-electron chi connectivity index (χ1n) is 7.12. The van der Waals surface area contributed by atoms with Crippen molar-refractivity contribution >= 4 is 35.1 Å². The number of aromatic nitrogens is 1. The van der Waals surface area contributed by atoms with Crippen LogP contribution in [0, 0.1) is 0 Å². The Hall–Kier alpha value is -3.00. The summed E-state index contributed by atoms with van der Waals surface area (Å²) < 4.78 is 5.28. The van der Waals surface area contributed by atoms with Crippen LogP contribution in [0.25, 0.3) is 0 Å². The Kier molecular flexibility index (Phi) is 6.21. The second kappa shape index (κ2) is 8.59. The first-order chi connectivity index (χ1) is 11.6. The van der Waals surface area contributed by atoms with Crippen LogP contribution in [0.5, 0.6) is 11.5 Å². The van der Waals surface area contributed by atoms with Gasteiger partial charge in [-0.15, -0.1) is 0 Å². The highest BCUT2D eigenvalue weighted by molar-refractivity contribution is 7.82. The summed E-state index contributed by atoms with van der Waals surface area (Å²) >= 11 is 4.94. The fourth-order valence-electron chi connectivity index (χ4n) is 1.74. The van der Waals surface area contributed by atoms with Crippen molar-refractivity contribution in [3.63, 3.8) is 0 Å². The van der Waals surface area contributed by atoms with E-state index in [1.54, 1.807) is 42.6 Å². The van der Waals surface area contributed by atoms with Gasteiger partial charge in [-0.25, -0.2) is 4.98 Å². The van der Waals surface area contributed by atoms with Gasteiger partial charge in [0.05, 0.1) is 12.8 Å². The number of nitrogens with zero attached hydrogens (tertiary/aromatic N) is 2. The number of carbonyl (C=O) groups is 1. The summed E-state index contributed by atoms with van der Waals surface area (Å²) in [7, 11) is 0. The predicted octanol–water partition coefficient (Wildman–Crippen LogP) is 2.08. The van der Waals surface area contributed by atoms with Crippen molar-refractivity contribution in [2.45, 2.75) is 6.92 Å². The van der Waals surface area contributed by atoms with Gasteiger partial charge in [0.15, 0.2) is 16.5 Å². The van der Waals surface area contributed by atoms with Crippen LogP contribution in [0.3, 0.4) is 0 Å². The van der Waals surface area contributed by atoms with Gasteiger partial charge in [0.25, 0.3) is 5.91 Å². The monoisotopic (exact) mass is 344 g/mol. The van der Waals surface area contributed by atoms with Gasteiger partial charge in [0.2, 0.25) is 0 Å². The molecule has 2 aromatic rings. The number of hydrogen-bond donors (Lipinski definition) is 3. The van der Waals surface area contributed by atoms with E-state index in [1.807, 2.05) is 6.92 Å². The number of pyridine rings is 1. The minimum atomic E-state index is -0.534. The zero-order chi connectivity index (χ0) is 17.4. The number of para-hydroxylation sites is 1. The molecule has 0 atom stereocenters. The Bertz CT molecular complexity index is 750. The Morgan fingerprint density at radius 2 is 2.21 bits per heavy atom. The first-order valence-corrected chi connectivity index (χ1v) is 7.52. The third kappa shape index (κ3) is 4.75. The molecule has 0 spiro atoms. The van der Waals surface area contributed by atoms with E-state index in [2.05, 4.69) is 20.8 Å². The molecule has 24 heavy (non-hydrogen) atoms. The van der Waals surface area contributed by atoms with Gasteiger partial charge in [-0.05, 0) is 31.2 Å². The zero-order valence-corrected chi connectivity index (χ0v) is 13.7. The van der Waals surface area contributed by atoms with Crippen molar-refractivity contribution in [2.24, 2.45) is 5.10 Å². The Balaban J connectivity index is 1.95. The average molecular weight is 344 g/mol. The molecular weight excluding hydrogens is 328 g/mol. The Labute approximate surface area is 144 Å². The molecule has 124 valence electrons. The fraction of sp³-hybridized carbons (Fsp3) is 0.125. The lowest BCUT2D eigenvalue weighted by atomic mass is 10.2. The van der Waals surface area contributed by atoms with Crippen molar-refractivity contribution in [1.29, 1.82) is 0 Å². The number of nitrogens with one attached hydrogen (secondary N) is 2. The molecule has 3 N–H and O–H groups in total. The maximum Gasteiger partial charge on any atom is 0.285 e. The van der Waals surface area contributed by atoms with E-state index in [0.29, 0.717) is 23.7 Å². The van der Waals surface area contributed by atoms with E-state index in [9.17, 15) is 9.90 Å². The molecule has 0 aliphatic carbocycles. The number of amides is 1. The summed E-state index contributed by atoms with van der Waals surface area (Å²) in [4.78, 5) is 15.7. The van der Waals surface area contributed by atoms with Gasteiger partial charge in [-0.3, -0.25) is 10.2 Å². The molecule has 8 heteroatoms. The Morgan fingerprint density at radius 3 is 2.92 bits per heavy atom. The van der Waals surface area contributed by atoms with Gasteiger partial charge in [0.1, 0.15) is 5.82 Å². The molecular formula is C16H16N4O3S. The van der Waals surface area contributed by atoms with Crippen molar-refractivity contribution in [2.75, 3.05) is 11.9 Å². The average Bonchev–Trinajstić information content (AvgIpc) is 2.59. The molecule has 0 bridgehead atoms. The van der Waals surface area contributed by atoms with Gasteiger partial charge < -0.3 is 15.2 Å². The van der Waals surface area contributed by atoms with E-state index in [4.69, 9.17) is 17.0 Å². The first kappa shape index (κ1) is 17.4. The molecule has 0 saturated carbocycles. The standard InChI is InChI=1S/C16H16N4O3S/c1-2-23-12-7-5-6-11(14(12)21)10-18-20-16(24)15(22)19-13-8-3-4-9-17-13/h3-10,21H,2H2,1H3,(H,20,24)(H,17,19,22). The Morgan fingerprint density at radius 1 is 1.38 bits per heavy atom. The molecule has 1 amide bonds. The minimum absolute atomic E-state index is 0.0336. The number of hydrazone groups is 1. The summed E-state index contributed by atoms with van der Waals surface area (Å²) in [6.07, 6.45) is 2.90. The lowest BCUT2D eigenvalue weighted by molar-refractivity contribution is -0.110. The number of thiocarbonyl (C=S) groups is 1. The van der Waals surface area contributed by atoms with Crippen LogP contribution in [0.2, 0.25) is 0 Å². The smallest absolute Gasteiger partial charge is 0.285 e. The quantitative estimate of drug-likeness (QED) is 0.437. The van der Waals surface area contributed by atoms with Crippen LogP contribution in [-0.2, 0) is 4.79 Å². The lowest BCUT2D eigenvalue weighted by Crippen LogP contribution is -2.31. The zero-order valence-electron chi connectivity index (χ0n) is 12.9. The molecule has 0 aliphatic rings. The van der Waals surface area contributed by atoms with Crippen LogP contribution >= 0.6 is 12.2 Å². The van der Waals surface area contributed by atoms with Gasteiger partial charge in [0, 0.05) is 11.8 Å². The summed E-state index contributed by atoms with van der Waals surface area (Å²) in [5.41, 5.74) is 2.87. The maximum atomic E-state index is 11.9. The number of benzene rings is 1. The molecule has 0 radical (unpaired) electrons. The normalized spacial score (nSPS) is 10.4. The molecule has 1 heterocycles. The molecule has 2 rings (SSSR count). The molecule has 0 fully saturated rings. The van der Waals surface area contributed by atoms with Crippen LogP contribution < -0.4 is 15.5 Å². The van der Waals surface area contributed by atoms with E-state index >= 15 is 0 Å². The van der Waals surface area contributed by atoms with E-state index in [1.165, 1.54) is 6.21 Å². The third-order valence-corrected chi connectivity index (χ3v) is 3.09. The van der Waals surface area contributed by atoms with E-state index in [0.717, 1.165) is 0 Å². The number of phenols is 1. The molecule has 7 nitrogen and oxygen atoms in total. The highest BCUT2D eigenvalue weighted by atomic mass is 32.1. The third-order valence-electron chi connectivity index (χ3n) is 2.81. The summed E-state index contributed by atoms with van der Waals surface area (Å²) in [6.45, 7) is 2.25. The molecule has 0 saturated heterocycles. The lowest BCUT2D eigenvalue weighted by Gasteiger charge is -2.07. The van der Waals surface area contributed by atoms with Gasteiger partial charge in [-0.2, -0.15) is 5.10 Å². The number of carbonyl (C=O) groups excluding carboxylic acids is 1. The summed E-state index contributed by atoms with van der Waals surface area (Å²) in [5, 5.41) is 16.4. The van der Waals surface area contributed by atoms with Crippen molar-refractivity contribution in [1.82, 2.24) is 10.4 Å². The number of rotatable bonds is 5. The summed E-state index contributed by atoms with van der Waals surface area (Å²) in [6, 6.07) is 10.1. The number of phenolic OH excluding ortho intramolecular Hbond substituents is 1. The molecule has 0 unspecified atom stereocenters. The SMILES string of the molecule is CCOc1cccc(C=NNC(=S)C(=O)Nc2ccccn2)c1O. The van der Waals surface area contributed by atoms with Gasteiger partial charge in [-0.1, -0.05) is 24.4 Å². The minimum Gasteiger partial charge on any atom is -0.504 e. The van der Waals surface area contributed by atoms with Crippen molar-refractivity contribution in [3.05, 3.63) is 48.2 Å². The molecule has 1 aromatic heterocycles. The van der Waals surface area contributed by atoms with Gasteiger partial charge >= 0.3 is 0 Å².